The molecule has 184 valence electrons. The highest BCUT2D eigenvalue weighted by molar-refractivity contribution is 8.00. The number of furan rings is 1. The zero-order valence-corrected chi connectivity index (χ0v) is 23.6. The third kappa shape index (κ3) is 3.66. The highest BCUT2D eigenvalue weighted by Gasteiger charge is 2.34. The van der Waals surface area contributed by atoms with Crippen LogP contribution < -0.4 is 4.57 Å². The first-order chi connectivity index (χ1) is 16.9. The molecule has 0 aliphatic carbocycles. The van der Waals surface area contributed by atoms with Crippen molar-refractivity contribution in [3.63, 3.8) is 0 Å². The van der Waals surface area contributed by atoms with Crippen molar-refractivity contribution in [1.82, 2.24) is 0 Å². The van der Waals surface area contributed by atoms with E-state index in [4.69, 9.17) is 4.42 Å². The molecule has 0 spiro atoms. The van der Waals surface area contributed by atoms with Crippen molar-refractivity contribution in [3.8, 4) is 11.3 Å². The second-order valence-corrected chi connectivity index (χ2v) is 14.1. The van der Waals surface area contributed by atoms with E-state index in [0.29, 0.717) is 0 Å². The number of fused-ring (bicyclic) bond motifs is 5. The molecule has 0 bridgehead atoms. The Balaban J connectivity index is 1.75. The van der Waals surface area contributed by atoms with E-state index < -0.39 is 0 Å². The summed E-state index contributed by atoms with van der Waals surface area (Å²) in [6.07, 6.45) is 6.15. The van der Waals surface area contributed by atoms with Gasteiger partial charge in [-0.05, 0) is 64.6 Å². The van der Waals surface area contributed by atoms with Crippen LogP contribution in [0.5, 0.6) is 0 Å². The first-order valence-corrected chi connectivity index (χ1v) is 13.8. The van der Waals surface area contributed by atoms with E-state index in [1.807, 2.05) is 18.0 Å². The van der Waals surface area contributed by atoms with E-state index in [9.17, 15) is 0 Å². The Morgan fingerprint density at radius 2 is 1.61 bits per heavy atom. The number of hydrogen-bond acceptors (Lipinski definition) is 2. The van der Waals surface area contributed by atoms with Crippen LogP contribution in [0.25, 0.3) is 43.8 Å². The molecule has 0 saturated carbocycles. The molecule has 1 aliphatic heterocycles. The van der Waals surface area contributed by atoms with Crippen molar-refractivity contribution in [1.29, 1.82) is 0 Å². The van der Waals surface area contributed by atoms with Crippen LogP contribution in [-0.4, -0.2) is 0 Å². The Kier molecular flexibility index (Phi) is 5.15. The van der Waals surface area contributed by atoms with Crippen LogP contribution in [0.15, 0.2) is 63.1 Å². The lowest BCUT2D eigenvalue weighted by Gasteiger charge is -2.27. The minimum Gasteiger partial charge on any atom is -0.464 e. The van der Waals surface area contributed by atoms with Crippen LogP contribution in [0.1, 0.15) is 58.2 Å². The van der Waals surface area contributed by atoms with Gasteiger partial charge in [0.2, 0.25) is 5.69 Å². The second kappa shape index (κ2) is 7.86. The average molecular weight is 495 g/mol. The number of benzene rings is 3. The fraction of sp³-hybridized carbons (Fsp3) is 0.364. The lowest BCUT2D eigenvalue weighted by atomic mass is 9.84. The smallest absolute Gasteiger partial charge is 0.222 e. The van der Waals surface area contributed by atoms with Crippen LogP contribution in [0.3, 0.4) is 0 Å². The van der Waals surface area contributed by atoms with E-state index in [1.54, 1.807) is 0 Å². The fourth-order valence-corrected chi connectivity index (χ4v) is 7.39. The third-order valence-corrected chi connectivity index (χ3v) is 8.62. The predicted molar refractivity (Wildman–Crippen MR) is 153 cm³/mol. The summed E-state index contributed by atoms with van der Waals surface area (Å²) >= 11 is 1.95. The Morgan fingerprint density at radius 1 is 0.861 bits per heavy atom. The van der Waals surface area contributed by atoms with Crippen molar-refractivity contribution in [2.75, 3.05) is 0 Å². The second-order valence-electron chi connectivity index (χ2n) is 13.0. The summed E-state index contributed by atoms with van der Waals surface area (Å²) in [4.78, 5) is 2.73. The highest BCUT2D eigenvalue weighted by atomic mass is 32.2. The van der Waals surface area contributed by atoms with Crippen LogP contribution in [0.4, 0.5) is 0 Å². The van der Waals surface area contributed by atoms with Gasteiger partial charge < -0.3 is 4.42 Å². The van der Waals surface area contributed by atoms with E-state index in [-0.39, 0.29) is 10.8 Å². The van der Waals surface area contributed by atoms with E-state index in [0.717, 1.165) is 18.4 Å². The van der Waals surface area contributed by atoms with Gasteiger partial charge in [-0.2, -0.15) is 0 Å². The van der Waals surface area contributed by atoms with Gasteiger partial charge in [-0.3, -0.25) is 0 Å². The summed E-state index contributed by atoms with van der Waals surface area (Å²) in [5, 5.41) is 6.72. The molecular weight excluding hydrogens is 458 g/mol. The Labute approximate surface area is 218 Å². The van der Waals surface area contributed by atoms with Crippen molar-refractivity contribution in [2.24, 2.45) is 17.9 Å². The SMILES string of the molecule is Cc1c2c(c(CC(C)(C)C)c3occc13)Sc1cc3c(CC(C)(C)C)cccc3c3cc[n+](C)c-2c13. The maximum atomic E-state index is 6.16. The molecule has 0 unspecified atom stereocenters. The molecule has 3 aromatic carbocycles. The van der Waals surface area contributed by atoms with Crippen molar-refractivity contribution in [3.05, 3.63) is 65.5 Å². The van der Waals surface area contributed by atoms with Crippen LogP contribution >= 0.6 is 11.8 Å². The summed E-state index contributed by atoms with van der Waals surface area (Å²) in [6.45, 7) is 16.2. The normalized spacial score (nSPS) is 13.7. The Bertz CT molecular complexity index is 1690. The Morgan fingerprint density at radius 3 is 2.33 bits per heavy atom. The van der Waals surface area contributed by atoms with E-state index in [1.165, 1.54) is 64.7 Å². The zero-order valence-electron chi connectivity index (χ0n) is 22.8. The minimum atomic E-state index is 0.154. The molecule has 2 nitrogen and oxygen atoms in total. The molecule has 2 aromatic heterocycles. The van der Waals surface area contributed by atoms with Crippen LogP contribution in [0, 0.1) is 17.8 Å². The number of pyridine rings is 1. The number of aromatic nitrogens is 1. The Hall–Kier alpha value is -2.78. The summed E-state index contributed by atoms with van der Waals surface area (Å²) in [5.41, 5.74) is 8.24. The van der Waals surface area contributed by atoms with Gasteiger partial charge in [-0.15, -0.1) is 0 Å². The molecule has 6 rings (SSSR count). The molecule has 0 radical (unpaired) electrons. The number of aryl methyl sites for hydroxylation is 2. The van der Waals surface area contributed by atoms with Crippen molar-refractivity contribution in [2.45, 2.75) is 71.1 Å². The van der Waals surface area contributed by atoms with Gasteiger partial charge in [-0.25, -0.2) is 4.57 Å². The molecule has 3 heterocycles. The maximum Gasteiger partial charge on any atom is 0.222 e. The summed E-state index contributed by atoms with van der Waals surface area (Å²) in [6, 6.07) is 13.8. The molecule has 5 aromatic rings. The van der Waals surface area contributed by atoms with Gasteiger partial charge in [0.1, 0.15) is 12.6 Å². The van der Waals surface area contributed by atoms with Gasteiger partial charge in [0, 0.05) is 32.2 Å². The van der Waals surface area contributed by atoms with Gasteiger partial charge in [-0.1, -0.05) is 71.5 Å². The molecule has 3 heteroatoms. The first-order valence-electron chi connectivity index (χ1n) is 13.0. The fourth-order valence-electron chi connectivity index (χ4n) is 6.05. The van der Waals surface area contributed by atoms with Gasteiger partial charge in [0.05, 0.1) is 17.2 Å². The monoisotopic (exact) mass is 494 g/mol. The van der Waals surface area contributed by atoms with Gasteiger partial charge in [0.15, 0.2) is 6.20 Å². The summed E-state index contributed by atoms with van der Waals surface area (Å²) in [7, 11) is 2.20. The average Bonchev–Trinajstić information content (AvgIpc) is 3.27. The quantitative estimate of drug-likeness (QED) is 0.176. The molecular formula is C33H36NOS+. The van der Waals surface area contributed by atoms with Crippen molar-refractivity contribution >= 4 is 44.3 Å². The minimum absolute atomic E-state index is 0.154. The molecule has 36 heavy (non-hydrogen) atoms. The van der Waals surface area contributed by atoms with Crippen molar-refractivity contribution < 1.29 is 8.98 Å². The van der Waals surface area contributed by atoms with Gasteiger partial charge in [0.25, 0.3) is 0 Å². The molecule has 0 amide bonds. The molecule has 0 fully saturated rings. The van der Waals surface area contributed by atoms with E-state index in [2.05, 4.69) is 103 Å². The molecule has 1 aliphatic rings. The molecule has 0 atom stereocenters. The topological polar surface area (TPSA) is 17.0 Å². The zero-order chi connectivity index (χ0) is 25.6. The number of nitrogens with zero attached hydrogens (tertiary/aromatic N) is 1. The lowest BCUT2D eigenvalue weighted by Crippen LogP contribution is -2.32. The molecule has 0 saturated heterocycles. The summed E-state index contributed by atoms with van der Waals surface area (Å²) in [5.74, 6) is 0. The standard InChI is InChI=1S/C33H36NOS/c1-19-21-13-15-35-30(21)25(18-33(5,6)7)31-27(19)29-28-23(12-14-34(29)8)22-11-9-10-20(17-32(2,3)4)24(22)16-26(28)36-31/h9-16H,17-18H2,1-8H3/q+1. The predicted octanol–water partition coefficient (Wildman–Crippen LogP) is 9.18. The lowest BCUT2D eigenvalue weighted by molar-refractivity contribution is -0.659. The number of hydrogen-bond donors (Lipinski definition) is 0. The summed E-state index contributed by atoms with van der Waals surface area (Å²) < 4.78 is 8.49. The highest BCUT2D eigenvalue weighted by Crippen LogP contribution is 2.53. The largest absolute Gasteiger partial charge is 0.464 e. The van der Waals surface area contributed by atoms with Crippen LogP contribution in [-0.2, 0) is 19.9 Å². The van der Waals surface area contributed by atoms with Gasteiger partial charge >= 0.3 is 0 Å². The maximum absolute atomic E-state index is 6.16. The third-order valence-electron chi connectivity index (χ3n) is 7.43. The molecule has 0 N–H and O–H groups in total. The number of rotatable bonds is 2. The van der Waals surface area contributed by atoms with E-state index >= 15 is 0 Å². The van der Waals surface area contributed by atoms with Crippen LogP contribution in [0.2, 0.25) is 0 Å². The first kappa shape index (κ1) is 23.6.